The summed E-state index contributed by atoms with van der Waals surface area (Å²) in [6.45, 7) is 1.74. The third kappa shape index (κ3) is 3.35. The maximum absolute atomic E-state index is 12.3. The molecular weight excluding hydrogens is 332 g/mol. The summed E-state index contributed by atoms with van der Waals surface area (Å²) in [6.07, 6.45) is 3.00. The number of methoxy groups -OCH3 is 1. The van der Waals surface area contributed by atoms with Crippen molar-refractivity contribution in [3.8, 4) is 5.88 Å². The molecule has 0 saturated carbocycles. The molecule has 0 bridgehead atoms. The molecule has 3 aromatic heterocycles. The van der Waals surface area contributed by atoms with E-state index < -0.39 is 5.25 Å². The number of hydrogen-bond acceptors (Lipinski definition) is 9. The highest BCUT2D eigenvalue weighted by atomic mass is 32.2. The van der Waals surface area contributed by atoms with E-state index in [-0.39, 0.29) is 17.8 Å². The third-order valence-electron chi connectivity index (χ3n) is 3.00. The number of carbonyl (C=O) groups excluding carboxylic acids is 1. The number of aromatic nitrogens is 6. The number of imidazole rings is 1. The first kappa shape index (κ1) is 15.9. The second-order valence-electron chi connectivity index (χ2n) is 4.66. The SMILES string of the molecule is COc1ccnc(NC(=O)[C@H](C)Sc2nc(N)nc3nc[nH]c23)n1. The number of nitrogens with one attached hydrogen (secondary N) is 2. The predicted octanol–water partition coefficient (Wildman–Crippen LogP) is 0.853. The van der Waals surface area contributed by atoms with Crippen LogP contribution in [0.4, 0.5) is 11.9 Å². The summed E-state index contributed by atoms with van der Waals surface area (Å²) >= 11 is 1.23. The van der Waals surface area contributed by atoms with E-state index in [9.17, 15) is 4.79 Å². The van der Waals surface area contributed by atoms with Crippen LogP contribution in [0.5, 0.6) is 5.88 Å². The van der Waals surface area contributed by atoms with Gasteiger partial charge in [0.25, 0.3) is 0 Å². The van der Waals surface area contributed by atoms with Crippen molar-refractivity contribution in [2.24, 2.45) is 0 Å². The van der Waals surface area contributed by atoms with Crippen LogP contribution in [-0.2, 0) is 4.79 Å². The molecule has 3 rings (SSSR count). The van der Waals surface area contributed by atoms with E-state index in [0.29, 0.717) is 22.1 Å². The van der Waals surface area contributed by atoms with Gasteiger partial charge in [0.05, 0.1) is 18.7 Å². The first-order chi connectivity index (χ1) is 11.6. The lowest BCUT2D eigenvalue weighted by molar-refractivity contribution is -0.115. The third-order valence-corrected chi connectivity index (χ3v) is 4.09. The molecule has 4 N–H and O–H groups in total. The fourth-order valence-corrected chi connectivity index (χ4v) is 2.77. The van der Waals surface area contributed by atoms with Gasteiger partial charge < -0.3 is 15.5 Å². The molecule has 0 fully saturated rings. The number of H-pyrrole nitrogens is 1. The molecule has 0 aromatic carbocycles. The minimum Gasteiger partial charge on any atom is -0.481 e. The van der Waals surface area contributed by atoms with Crippen molar-refractivity contribution in [3.63, 3.8) is 0 Å². The van der Waals surface area contributed by atoms with Gasteiger partial charge in [0.2, 0.25) is 23.7 Å². The molecule has 0 aliphatic heterocycles. The number of amides is 1. The molecule has 0 aliphatic rings. The van der Waals surface area contributed by atoms with Crippen LogP contribution in [0, 0.1) is 0 Å². The number of ether oxygens (including phenoxy) is 1. The quantitative estimate of drug-likeness (QED) is 0.452. The molecular formula is C13H14N8O2S. The largest absolute Gasteiger partial charge is 0.481 e. The van der Waals surface area contributed by atoms with E-state index in [1.54, 1.807) is 13.0 Å². The van der Waals surface area contributed by atoms with Gasteiger partial charge in [-0.2, -0.15) is 9.97 Å². The standard InChI is InChI=1S/C13H14N8O2S/c1-6(10(22)20-13-15-4-3-7(18-13)23-2)24-11-8-9(17-5-16-8)19-12(14)21-11/h3-6H,1-2H3,(H,15,18,20,22)(H3,14,16,17,19,21)/t6-/m0/s1. The average molecular weight is 346 g/mol. The molecule has 11 heteroatoms. The Morgan fingerprint density at radius 3 is 3.00 bits per heavy atom. The molecule has 1 atom stereocenters. The number of carbonyl (C=O) groups is 1. The Bertz CT molecular complexity index is 883. The van der Waals surface area contributed by atoms with Gasteiger partial charge in [0.15, 0.2) is 5.65 Å². The number of thioether (sulfide) groups is 1. The lowest BCUT2D eigenvalue weighted by atomic mass is 10.4. The van der Waals surface area contributed by atoms with Crippen molar-refractivity contribution >= 4 is 40.7 Å². The fraction of sp³-hybridized carbons (Fsp3) is 0.231. The van der Waals surface area contributed by atoms with Crippen molar-refractivity contribution in [1.82, 2.24) is 29.9 Å². The van der Waals surface area contributed by atoms with Gasteiger partial charge in [0.1, 0.15) is 10.5 Å². The van der Waals surface area contributed by atoms with Crippen LogP contribution >= 0.6 is 11.8 Å². The lowest BCUT2D eigenvalue weighted by Gasteiger charge is -2.11. The van der Waals surface area contributed by atoms with Crippen LogP contribution in [0.15, 0.2) is 23.6 Å². The van der Waals surface area contributed by atoms with Gasteiger partial charge in [0, 0.05) is 12.3 Å². The Labute approximate surface area is 140 Å². The molecule has 10 nitrogen and oxygen atoms in total. The summed E-state index contributed by atoms with van der Waals surface area (Å²) in [4.78, 5) is 35.5. The molecule has 0 saturated heterocycles. The number of nitrogens with zero attached hydrogens (tertiary/aromatic N) is 5. The summed E-state index contributed by atoms with van der Waals surface area (Å²) < 4.78 is 5.00. The summed E-state index contributed by atoms with van der Waals surface area (Å²) in [5.41, 5.74) is 6.75. The Hall–Kier alpha value is -2.95. The van der Waals surface area contributed by atoms with Crippen molar-refractivity contribution in [2.45, 2.75) is 17.2 Å². The van der Waals surface area contributed by atoms with Crippen LogP contribution in [0.1, 0.15) is 6.92 Å². The molecule has 0 radical (unpaired) electrons. The highest BCUT2D eigenvalue weighted by molar-refractivity contribution is 8.00. The van der Waals surface area contributed by atoms with Crippen LogP contribution < -0.4 is 15.8 Å². The average Bonchev–Trinajstić information content (AvgIpc) is 3.03. The number of anilines is 2. The maximum atomic E-state index is 12.3. The molecule has 24 heavy (non-hydrogen) atoms. The molecule has 0 aliphatic carbocycles. The molecule has 0 unspecified atom stereocenters. The van der Waals surface area contributed by atoms with Gasteiger partial charge >= 0.3 is 0 Å². The summed E-state index contributed by atoms with van der Waals surface area (Å²) in [5.74, 6) is 0.350. The molecule has 1 amide bonds. The van der Waals surface area contributed by atoms with E-state index in [1.807, 2.05) is 0 Å². The van der Waals surface area contributed by atoms with E-state index >= 15 is 0 Å². The van der Waals surface area contributed by atoms with Crippen LogP contribution in [-0.4, -0.2) is 48.2 Å². The van der Waals surface area contributed by atoms with Crippen LogP contribution in [0.3, 0.4) is 0 Å². The van der Waals surface area contributed by atoms with Gasteiger partial charge in [-0.15, -0.1) is 0 Å². The Balaban J connectivity index is 1.74. The predicted molar refractivity (Wildman–Crippen MR) is 88.6 cm³/mol. The summed E-state index contributed by atoms with van der Waals surface area (Å²) in [7, 11) is 1.49. The van der Waals surface area contributed by atoms with Crippen molar-refractivity contribution in [1.29, 1.82) is 0 Å². The van der Waals surface area contributed by atoms with Crippen molar-refractivity contribution in [3.05, 3.63) is 18.6 Å². The first-order valence-electron chi connectivity index (χ1n) is 6.88. The van der Waals surface area contributed by atoms with E-state index in [2.05, 4.69) is 35.2 Å². The fourth-order valence-electron chi connectivity index (χ4n) is 1.86. The highest BCUT2D eigenvalue weighted by Crippen LogP contribution is 2.27. The normalized spacial score (nSPS) is 12.1. The number of aromatic amines is 1. The van der Waals surface area contributed by atoms with E-state index in [1.165, 1.54) is 31.4 Å². The molecule has 3 aromatic rings. The summed E-state index contributed by atoms with van der Waals surface area (Å²) in [5, 5.41) is 2.70. The van der Waals surface area contributed by atoms with Gasteiger partial charge in [-0.25, -0.2) is 15.0 Å². The summed E-state index contributed by atoms with van der Waals surface area (Å²) in [6, 6.07) is 1.59. The number of fused-ring (bicyclic) bond motifs is 1. The van der Waals surface area contributed by atoms with Gasteiger partial charge in [-0.1, -0.05) is 11.8 Å². The zero-order valence-electron chi connectivity index (χ0n) is 12.8. The smallest absolute Gasteiger partial charge is 0.239 e. The zero-order chi connectivity index (χ0) is 17.1. The van der Waals surface area contributed by atoms with E-state index in [0.717, 1.165) is 0 Å². The van der Waals surface area contributed by atoms with E-state index in [4.69, 9.17) is 10.5 Å². The highest BCUT2D eigenvalue weighted by Gasteiger charge is 2.19. The zero-order valence-corrected chi connectivity index (χ0v) is 13.7. The van der Waals surface area contributed by atoms with Crippen LogP contribution in [0.25, 0.3) is 11.2 Å². The minimum atomic E-state index is -0.472. The number of rotatable bonds is 5. The second-order valence-corrected chi connectivity index (χ2v) is 5.99. The lowest BCUT2D eigenvalue weighted by Crippen LogP contribution is -2.23. The maximum Gasteiger partial charge on any atom is 0.239 e. The van der Waals surface area contributed by atoms with Gasteiger partial charge in [-0.3, -0.25) is 10.1 Å². The number of hydrogen-bond donors (Lipinski definition) is 3. The number of nitrogens with two attached hydrogens (primary N) is 1. The minimum absolute atomic E-state index is 0.0980. The topological polar surface area (TPSA) is 145 Å². The monoisotopic (exact) mass is 346 g/mol. The Morgan fingerprint density at radius 2 is 2.21 bits per heavy atom. The van der Waals surface area contributed by atoms with Gasteiger partial charge in [-0.05, 0) is 6.92 Å². The molecule has 0 spiro atoms. The van der Waals surface area contributed by atoms with Crippen molar-refractivity contribution < 1.29 is 9.53 Å². The number of nitrogen functional groups attached to an aromatic ring is 1. The second kappa shape index (κ2) is 6.66. The van der Waals surface area contributed by atoms with Crippen molar-refractivity contribution in [2.75, 3.05) is 18.2 Å². The molecule has 124 valence electrons. The molecule has 3 heterocycles. The Kier molecular flexibility index (Phi) is 4.42. The van der Waals surface area contributed by atoms with Crippen LogP contribution in [0.2, 0.25) is 0 Å². The Morgan fingerprint density at radius 1 is 1.38 bits per heavy atom. The first-order valence-corrected chi connectivity index (χ1v) is 7.76.